The van der Waals surface area contributed by atoms with E-state index in [1.54, 1.807) is 6.92 Å². The maximum Gasteiger partial charge on any atom is 0.224 e. The molecule has 0 saturated heterocycles. The molecule has 3 nitrogen and oxygen atoms in total. The molecule has 116 valence electrons. The van der Waals surface area contributed by atoms with Crippen LogP contribution in [-0.2, 0) is 17.6 Å². The summed E-state index contributed by atoms with van der Waals surface area (Å²) in [6.07, 6.45) is 4.49. The van der Waals surface area contributed by atoms with Gasteiger partial charge in [0.05, 0.1) is 0 Å². The van der Waals surface area contributed by atoms with Gasteiger partial charge < -0.3 is 10.2 Å². The molecule has 1 aliphatic heterocycles. The molecule has 1 N–H and O–H groups in total. The Balaban J connectivity index is 2.02. The second-order valence-electron chi connectivity index (χ2n) is 6.32. The molecule has 3 heteroatoms. The molecule has 1 aliphatic rings. The highest BCUT2D eigenvalue weighted by Crippen LogP contribution is 2.33. The van der Waals surface area contributed by atoms with E-state index in [9.17, 15) is 4.79 Å². The summed E-state index contributed by atoms with van der Waals surface area (Å²) in [6, 6.07) is 7.36. The Morgan fingerprint density at radius 1 is 1.48 bits per heavy atom. The second kappa shape index (κ2) is 7.08. The Bertz CT molecular complexity index is 498. The molecule has 21 heavy (non-hydrogen) atoms. The first-order valence-electron chi connectivity index (χ1n) is 8.18. The molecule has 1 heterocycles. The van der Waals surface area contributed by atoms with Crippen LogP contribution in [0.2, 0.25) is 0 Å². The minimum Gasteiger partial charge on any atom is -0.314 e. The van der Waals surface area contributed by atoms with Crippen molar-refractivity contribution in [3.05, 3.63) is 29.3 Å². The number of nitrogens with one attached hydrogen (secondary N) is 1. The lowest BCUT2D eigenvalue weighted by Crippen LogP contribution is -2.33. The van der Waals surface area contributed by atoms with Crippen LogP contribution in [0.15, 0.2) is 18.2 Å². The molecular formula is C18H28N2O. The first-order chi connectivity index (χ1) is 10.0. The van der Waals surface area contributed by atoms with E-state index >= 15 is 0 Å². The van der Waals surface area contributed by atoms with Crippen molar-refractivity contribution < 1.29 is 4.79 Å². The van der Waals surface area contributed by atoms with E-state index in [0.717, 1.165) is 25.1 Å². The van der Waals surface area contributed by atoms with Crippen molar-refractivity contribution in [3.63, 3.8) is 0 Å². The van der Waals surface area contributed by atoms with Gasteiger partial charge in [0.25, 0.3) is 0 Å². The molecule has 2 rings (SSSR count). The smallest absolute Gasteiger partial charge is 0.224 e. The molecule has 0 spiro atoms. The summed E-state index contributed by atoms with van der Waals surface area (Å²) >= 11 is 0. The Kier molecular flexibility index (Phi) is 5.40. The molecule has 0 aromatic heterocycles. The molecule has 0 aliphatic carbocycles. The summed E-state index contributed by atoms with van der Waals surface area (Å²) in [6.45, 7) is 9.33. The van der Waals surface area contributed by atoms with Crippen molar-refractivity contribution in [1.29, 1.82) is 0 Å². The van der Waals surface area contributed by atoms with E-state index in [1.165, 1.54) is 24.0 Å². The lowest BCUT2D eigenvalue weighted by Gasteiger charge is -2.20. The molecular weight excluding hydrogens is 260 g/mol. The van der Waals surface area contributed by atoms with Crippen molar-refractivity contribution in [2.24, 2.45) is 0 Å². The lowest BCUT2D eigenvalue weighted by atomic mass is 10.0. The number of anilines is 1. The van der Waals surface area contributed by atoms with Crippen LogP contribution >= 0.6 is 0 Å². The number of unbranched alkanes of at least 4 members (excludes halogenated alkanes) is 1. The summed E-state index contributed by atoms with van der Waals surface area (Å²) < 4.78 is 0. The third kappa shape index (κ3) is 3.85. The van der Waals surface area contributed by atoms with Gasteiger partial charge in [-0.2, -0.15) is 0 Å². The minimum absolute atomic E-state index is 0.142. The molecule has 1 amide bonds. The third-order valence-corrected chi connectivity index (χ3v) is 4.26. The number of fused-ring (bicyclic) bond motifs is 1. The molecule has 0 fully saturated rings. The van der Waals surface area contributed by atoms with Crippen LogP contribution in [-0.4, -0.2) is 24.5 Å². The first-order valence-corrected chi connectivity index (χ1v) is 8.18. The van der Waals surface area contributed by atoms with Gasteiger partial charge in [0.2, 0.25) is 5.91 Å². The van der Waals surface area contributed by atoms with E-state index in [2.05, 4.69) is 44.3 Å². The number of carbonyl (C=O) groups excluding carboxylic acids is 1. The first kappa shape index (κ1) is 16.0. The van der Waals surface area contributed by atoms with Crippen molar-refractivity contribution >= 4 is 11.6 Å². The average Bonchev–Trinajstić information content (AvgIpc) is 2.74. The fraction of sp³-hybridized carbons (Fsp3) is 0.611. The van der Waals surface area contributed by atoms with E-state index < -0.39 is 0 Å². The number of rotatable bonds is 6. The molecule has 0 saturated carbocycles. The fourth-order valence-corrected chi connectivity index (χ4v) is 3.24. The largest absolute Gasteiger partial charge is 0.314 e. The van der Waals surface area contributed by atoms with Crippen LogP contribution < -0.4 is 10.2 Å². The van der Waals surface area contributed by atoms with Gasteiger partial charge in [0.15, 0.2) is 0 Å². The van der Waals surface area contributed by atoms with Crippen LogP contribution in [0.5, 0.6) is 0 Å². The Morgan fingerprint density at radius 3 is 2.90 bits per heavy atom. The Morgan fingerprint density at radius 2 is 2.24 bits per heavy atom. The van der Waals surface area contributed by atoms with Gasteiger partial charge in [-0.1, -0.05) is 25.5 Å². The van der Waals surface area contributed by atoms with Crippen LogP contribution in [0.25, 0.3) is 0 Å². The topological polar surface area (TPSA) is 32.3 Å². The number of benzene rings is 1. The minimum atomic E-state index is 0.142. The molecule has 0 radical (unpaired) electrons. The Labute approximate surface area is 128 Å². The summed E-state index contributed by atoms with van der Waals surface area (Å²) in [5.74, 6) is 0.142. The summed E-state index contributed by atoms with van der Waals surface area (Å²) in [5, 5.41) is 3.57. The summed E-state index contributed by atoms with van der Waals surface area (Å²) in [5.41, 5.74) is 3.78. The SMILES string of the molecule is CCCCNC(C)Cc1ccc2c(c1)CC(C)N2C(C)=O. The zero-order chi connectivity index (χ0) is 15.4. The molecule has 2 atom stereocenters. The van der Waals surface area contributed by atoms with Crippen LogP contribution in [0.4, 0.5) is 5.69 Å². The maximum absolute atomic E-state index is 11.7. The quantitative estimate of drug-likeness (QED) is 0.815. The number of hydrogen-bond donors (Lipinski definition) is 1. The molecule has 0 bridgehead atoms. The van der Waals surface area contributed by atoms with Crippen molar-refractivity contribution in [1.82, 2.24) is 5.32 Å². The second-order valence-corrected chi connectivity index (χ2v) is 6.32. The standard InChI is InChI=1S/C18H28N2O/c1-5-6-9-19-13(2)10-16-7-8-18-17(12-16)11-14(3)20(18)15(4)21/h7-8,12-14,19H,5-6,9-11H2,1-4H3. The van der Waals surface area contributed by atoms with Gasteiger partial charge in [-0.3, -0.25) is 4.79 Å². The normalized spacial score (nSPS) is 18.7. The molecule has 1 aromatic rings. The van der Waals surface area contributed by atoms with Crippen LogP contribution in [0.1, 0.15) is 51.7 Å². The van der Waals surface area contributed by atoms with E-state index in [4.69, 9.17) is 0 Å². The van der Waals surface area contributed by atoms with Gasteiger partial charge in [-0.15, -0.1) is 0 Å². The summed E-state index contributed by atoms with van der Waals surface area (Å²) in [7, 11) is 0. The number of hydrogen-bond acceptors (Lipinski definition) is 2. The summed E-state index contributed by atoms with van der Waals surface area (Å²) in [4.78, 5) is 13.7. The van der Waals surface area contributed by atoms with Crippen LogP contribution in [0.3, 0.4) is 0 Å². The van der Waals surface area contributed by atoms with Crippen LogP contribution in [0, 0.1) is 0 Å². The number of amides is 1. The predicted octanol–water partition coefficient (Wildman–Crippen LogP) is 3.30. The zero-order valence-corrected chi connectivity index (χ0v) is 13.8. The van der Waals surface area contributed by atoms with E-state index in [1.807, 2.05) is 4.90 Å². The van der Waals surface area contributed by atoms with Gasteiger partial charge >= 0.3 is 0 Å². The maximum atomic E-state index is 11.7. The van der Waals surface area contributed by atoms with Crippen molar-refractivity contribution in [3.8, 4) is 0 Å². The zero-order valence-electron chi connectivity index (χ0n) is 13.8. The highest BCUT2D eigenvalue weighted by Gasteiger charge is 2.28. The van der Waals surface area contributed by atoms with Gasteiger partial charge in [0, 0.05) is 24.7 Å². The van der Waals surface area contributed by atoms with Gasteiger partial charge in [0.1, 0.15) is 0 Å². The number of carbonyl (C=O) groups is 1. The predicted molar refractivity (Wildman–Crippen MR) is 88.8 cm³/mol. The van der Waals surface area contributed by atoms with E-state index in [0.29, 0.717) is 6.04 Å². The molecule has 1 aromatic carbocycles. The molecule has 2 unspecified atom stereocenters. The van der Waals surface area contributed by atoms with Gasteiger partial charge in [-0.25, -0.2) is 0 Å². The van der Waals surface area contributed by atoms with Crippen molar-refractivity contribution in [2.45, 2.75) is 65.5 Å². The number of nitrogens with zero attached hydrogens (tertiary/aromatic N) is 1. The highest BCUT2D eigenvalue weighted by atomic mass is 16.2. The van der Waals surface area contributed by atoms with Gasteiger partial charge in [-0.05, 0) is 56.8 Å². The average molecular weight is 288 g/mol. The fourth-order valence-electron chi connectivity index (χ4n) is 3.24. The van der Waals surface area contributed by atoms with Crippen molar-refractivity contribution in [2.75, 3.05) is 11.4 Å². The van der Waals surface area contributed by atoms with E-state index in [-0.39, 0.29) is 11.9 Å². The highest BCUT2D eigenvalue weighted by molar-refractivity contribution is 5.94. The Hall–Kier alpha value is -1.35. The third-order valence-electron chi connectivity index (χ3n) is 4.26. The lowest BCUT2D eigenvalue weighted by molar-refractivity contribution is -0.116. The monoisotopic (exact) mass is 288 g/mol.